The number of nitrogens with one attached hydrogen (secondary N) is 2. The quantitative estimate of drug-likeness (QED) is 0.192. The predicted molar refractivity (Wildman–Crippen MR) is 103 cm³/mol. The molecule has 0 fully saturated rings. The van der Waals surface area contributed by atoms with Crippen molar-refractivity contribution in [3.8, 4) is 0 Å². The van der Waals surface area contributed by atoms with Gasteiger partial charge in [0.15, 0.2) is 17.0 Å². The molecular weight excluding hydrogens is 395 g/mol. The zero-order valence-corrected chi connectivity index (χ0v) is 15.4. The first-order valence-electron chi connectivity index (χ1n) is 7.96. The molecule has 8 nitrogen and oxygen atoms in total. The highest BCUT2D eigenvalue weighted by atomic mass is 32.2. The molecule has 1 unspecified atom stereocenters. The zero-order chi connectivity index (χ0) is 20.7. The lowest BCUT2D eigenvalue weighted by Gasteiger charge is -2.16. The minimum atomic E-state index is -4.40. The lowest BCUT2D eigenvalue weighted by Crippen LogP contribution is -2.37. The van der Waals surface area contributed by atoms with Crippen LogP contribution in [0.25, 0.3) is 0 Å². The number of hydrazone groups is 1. The largest absolute Gasteiger partial charge is 0.416 e. The lowest BCUT2D eigenvalue weighted by atomic mass is 10.1. The van der Waals surface area contributed by atoms with E-state index in [1.807, 2.05) is 0 Å². The standard InChI is InChI=1S/C16H20F3N7OS/c17-16(18,19)11-5-7-12(8-6-11)24-14-4-2-1-3-13(14)15(20)25-26(21)10-9-23-28(22)27/h1-8,23-24H,9-10,21-22H2,(H2,20,25). The van der Waals surface area contributed by atoms with E-state index in [2.05, 4.69) is 15.1 Å². The Kier molecular flexibility index (Phi) is 7.34. The molecule has 0 radical (unpaired) electrons. The molecule has 28 heavy (non-hydrogen) atoms. The molecule has 2 aromatic rings. The van der Waals surface area contributed by atoms with E-state index in [9.17, 15) is 17.4 Å². The average Bonchev–Trinajstić information content (AvgIpc) is 2.61. The Hall–Kier alpha value is -2.67. The highest BCUT2D eigenvalue weighted by Gasteiger charge is 2.29. The van der Waals surface area contributed by atoms with Crippen LogP contribution < -0.4 is 26.8 Å². The van der Waals surface area contributed by atoms with Crippen LogP contribution in [0.4, 0.5) is 24.5 Å². The number of anilines is 2. The molecule has 0 aliphatic heterocycles. The number of halogens is 3. The van der Waals surface area contributed by atoms with Crippen molar-refractivity contribution in [2.24, 2.45) is 21.8 Å². The Labute approximate surface area is 162 Å². The molecule has 1 atom stereocenters. The maximum atomic E-state index is 12.7. The highest BCUT2D eigenvalue weighted by Crippen LogP contribution is 2.30. The van der Waals surface area contributed by atoms with Gasteiger partial charge >= 0.3 is 6.18 Å². The summed E-state index contributed by atoms with van der Waals surface area (Å²) in [5.74, 6) is 5.81. The molecule has 0 aliphatic rings. The van der Waals surface area contributed by atoms with Crippen LogP contribution in [0, 0.1) is 0 Å². The fourth-order valence-electron chi connectivity index (χ4n) is 2.22. The van der Waals surface area contributed by atoms with E-state index < -0.39 is 22.9 Å². The number of amidine groups is 1. The second-order valence-electron chi connectivity index (χ2n) is 5.59. The molecule has 0 heterocycles. The van der Waals surface area contributed by atoms with Gasteiger partial charge in [-0.15, -0.1) is 5.10 Å². The van der Waals surface area contributed by atoms with E-state index in [0.717, 1.165) is 17.3 Å². The third-order valence-electron chi connectivity index (χ3n) is 3.52. The average molecular weight is 415 g/mol. The van der Waals surface area contributed by atoms with Gasteiger partial charge in [0.1, 0.15) is 0 Å². The summed E-state index contributed by atoms with van der Waals surface area (Å²) in [7, 11) is 0. The number of benzene rings is 2. The molecule has 8 N–H and O–H groups in total. The van der Waals surface area contributed by atoms with Gasteiger partial charge in [-0.2, -0.15) is 13.2 Å². The molecule has 2 aromatic carbocycles. The third-order valence-corrected chi connectivity index (χ3v) is 4.00. The van der Waals surface area contributed by atoms with Crippen LogP contribution in [-0.2, 0) is 17.3 Å². The molecule has 0 saturated carbocycles. The van der Waals surface area contributed by atoms with Crippen LogP contribution in [0.3, 0.4) is 0 Å². The lowest BCUT2D eigenvalue weighted by molar-refractivity contribution is -0.137. The van der Waals surface area contributed by atoms with Crippen LogP contribution in [0.1, 0.15) is 11.1 Å². The topological polar surface area (TPSA) is 135 Å². The second-order valence-corrected chi connectivity index (χ2v) is 6.47. The van der Waals surface area contributed by atoms with Gasteiger partial charge in [0.05, 0.1) is 12.1 Å². The normalized spacial score (nSPS) is 13.2. The van der Waals surface area contributed by atoms with Gasteiger partial charge in [-0.1, -0.05) is 12.1 Å². The SMILES string of the molecule is N/C(=N\N(N)CCNS(N)=O)c1ccccc1Nc1ccc(C(F)(F)F)cc1. The molecule has 0 saturated heterocycles. The molecule has 0 aromatic heterocycles. The fraction of sp³-hybridized carbons (Fsp3) is 0.188. The van der Waals surface area contributed by atoms with Gasteiger partial charge in [-0.3, -0.25) is 0 Å². The first-order valence-corrected chi connectivity index (χ1v) is 9.18. The smallest absolute Gasteiger partial charge is 0.382 e. The van der Waals surface area contributed by atoms with Crippen LogP contribution in [-0.4, -0.2) is 28.3 Å². The van der Waals surface area contributed by atoms with Gasteiger partial charge in [0.25, 0.3) is 0 Å². The Bertz CT molecular complexity index is 843. The summed E-state index contributed by atoms with van der Waals surface area (Å²) < 4.78 is 51.2. The molecule has 0 aliphatic carbocycles. The van der Waals surface area contributed by atoms with E-state index in [-0.39, 0.29) is 18.9 Å². The van der Waals surface area contributed by atoms with Crippen molar-refractivity contribution in [3.05, 3.63) is 59.7 Å². The Morgan fingerprint density at radius 3 is 2.39 bits per heavy atom. The van der Waals surface area contributed by atoms with Crippen LogP contribution >= 0.6 is 0 Å². The number of nitrogens with zero attached hydrogens (tertiary/aromatic N) is 2. The Morgan fingerprint density at radius 1 is 1.14 bits per heavy atom. The van der Waals surface area contributed by atoms with Crippen molar-refractivity contribution in [2.75, 3.05) is 18.4 Å². The number of hydrogen-bond donors (Lipinski definition) is 5. The highest BCUT2D eigenvalue weighted by molar-refractivity contribution is 7.80. The summed E-state index contributed by atoms with van der Waals surface area (Å²) >= 11 is -1.66. The maximum absolute atomic E-state index is 12.7. The minimum Gasteiger partial charge on any atom is -0.382 e. The molecule has 152 valence electrons. The maximum Gasteiger partial charge on any atom is 0.416 e. The minimum absolute atomic E-state index is 0.0892. The number of rotatable bonds is 8. The molecule has 2 rings (SSSR count). The number of nitrogens with two attached hydrogens (primary N) is 3. The second kappa shape index (κ2) is 9.50. The Balaban J connectivity index is 2.13. The monoisotopic (exact) mass is 415 g/mol. The zero-order valence-electron chi connectivity index (χ0n) is 14.6. The van der Waals surface area contributed by atoms with Gasteiger partial charge in [0, 0.05) is 23.5 Å². The van der Waals surface area contributed by atoms with Gasteiger partial charge in [-0.05, 0) is 36.4 Å². The van der Waals surface area contributed by atoms with Crippen molar-refractivity contribution in [3.63, 3.8) is 0 Å². The molecule has 12 heteroatoms. The first-order chi connectivity index (χ1) is 13.2. The van der Waals surface area contributed by atoms with Gasteiger partial charge < -0.3 is 11.1 Å². The number of hydrogen-bond acceptors (Lipinski definition) is 5. The van der Waals surface area contributed by atoms with Crippen molar-refractivity contribution < 1.29 is 17.4 Å². The van der Waals surface area contributed by atoms with E-state index in [1.165, 1.54) is 12.1 Å². The number of alkyl halides is 3. The summed E-state index contributed by atoms with van der Waals surface area (Å²) in [6, 6.07) is 11.5. The Morgan fingerprint density at radius 2 is 1.79 bits per heavy atom. The number of para-hydroxylation sites is 1. The van der Waals surface area contributed by atoms with Gasteiger partial charge in [0.2, 0.25) is 0 Å². The predicted octanol–water partition coefficient (Wildman–Crippen LogP) is 1.37. The summed E-state index contributed by atoms with van der Waals surface area (Å²) in [6.45, 7) is 0.417. The van der Waals surface area contributed by atoms with E-state index in [0.29, 0.717) is 16.9 Å². The summed E-state index contributed by atoms with van der Waals surface area (Å²) in [5.41, 5.74) is 6.76. The van der Waals surface area contributed by atoms with Crippen molar-refractivity contribution in [2.45, 2.75) is 6.18 Å². The number of hydrazine groups is 1. The molecule has 0 spiro atoms. The van der Waals surface area contributed by atoms with Crippen molar-refractivity contribution in [1.29, 1.82) is 0 Å². The van der Waals surface area contributed by atoms with E-state index >= 15 is 0 Å². The first kappa shape index (κ1) is 21.6. The van der Waals surface area contributed by atoms with E-state index in [1.54, 1.807) is 24.3 Å². The summed E-state index contributed by atoms with van der Waals surface area (Å²) in [5, 5.41) is 13.2. The van der Waals surface area contributed by atoms with Crippen LogP contribution in [0.2, 0.25) is 0 Å². The molecule has 0 bridgehead atoms. The fourth-order valence-corrected chi connectivity index (χ4v) is 2.51. The van der Waals surface area contributed by atoms with Crippen molar-refractivity contribution >= 4 is 28.4 Å². The molecule has 0 amide bonds. The summed E-state index contributed by atoms with van der Waals surface area (Å²) in [6.07, 6.45) is -4.40. The summed E-state index contributed by atoms with van der Waals surface area (Å²) in [4.78, 5) is 0. The van der Waals surface area contributed by atoms with Crippen LogP contribution in [0.15, 0.2) is 53.6 Å². The van der Waals surface area contributed by atoms with Crippen LogP contribution in [0.5, 0.6) is 0 Å². The van der Waals surface area contributed by atoms with Gasteiger partial charge in [-0.25, -0.2) is 25.0 Å². The van der Waals surface area contributed by atoms with Crippen molar-refractivity contribution in [1.82, 2.24) is 9.84 Å². The molecular formula is C16H20F3N7OS. The van der Waals surface area contributed by atoms with E-state index in [4.69, 9.17) is 16.7 Å². The third kappa shape index (κ3) is 6.49.